The van der Waals surface area contributed by atoms with E-state index in [1.54, 1.807) is 42.5 Å². The minimum absolute atomic E-state index is 0.0966. The van der Waals surface area contributed by atoms with Crippen LogP contribution in [0.4, 0.5) is 0 Å². The predicted octanol–water partition coefficient (Wildman–Crippen LogP) is 4.69. The average molecular weight is 424 g/mol. The molecular formula is C24H25NO4S. The van der Waals surface area contributed by atoms with Gasteiger partial charge in [0.1, 0.15) is 11.5 Å². The van der Waals surface area contributed by atoms with Gasteiger partial charge in [-0.1, -0.05) is 48.5 Å². The first-order valence-corrected chi connectivity index (χ1v) is 11.8. The number of hydrogen-bond donors (Lipinski definition) is 0. The molecule has 0 radical (unpaired) electrons. The van der Waals surface area contributed by atoms with Gasteiger partial charge in [0.05, 0.1) is 4.90 Å². The number of sulfone groups is 1. The van der Waals surface area contributed by atoms with Crippen molar-refractivity contribution < 1.29 is 17.6 Å². The molecule has 1 aromatic heterocycles. The zero-order chi connectivity index (χ0) is 21.1. The van der Waals surface area contributed by atoms with Gasteiger partial charge in [0, 0.05) is 12.6 Å². The maximum absolute atomic E-state index is 13.3. The van der Waals surface area contributed by atoms with Crippen LogP contribution in [0.15, 0.2) is 82.1 Å². The highest BCUT2D eigenvalue weighted by atomic mass is 32.2. The van der Waals surface area contributed by atoms with Crippen molar-refractivity contribution in [3.05, 3.63) is 89.9 Å². The molecule has 5 nitrogen and oxygen atoms in total. The molecule has 4 rings (SSSR count). The Labute approximate surface area is 177 Å². The zero-order valence-electron chi connectivity index (χ0n) is 16.9. The van der Waals surface area contributed by atoms with Gasteiger partial charge in [0.2, 0.25) is 0 Å². The van der Waals surface area contributed by atoms with Gasteiger partial charge in [-0.3, -0.25) is 4.79 Å². The number of carbonyl (C=O) groups is 1. The zero-order valence-corrected chi connectivity index (χ0v) is 17.7. The van der Waals surface area contributed by atoms with Crippen LogP contribution in [0.1, 0.15) is 41.6 Å². The summed E-state index contributed by atoms with van der Waals surface area (Å²) in [5.41, 5.74) is 1.05. The Balaban J connectivity index is 1.53. The summed E-state index contributed by atoms with van der Waals surface area (Å²) in [5, 5.41) is 0. The molecule has 1 fully saturated rings. The molecule has 0 N–H and O–H groups in total. The van der Waals surface area contributed by atoms with Crippen LogP contribution >= 0.6 is 0 Å². The second-order valence-electron chi connectivity index (χ2n) is 7.83. The molecule has 0 saturated heterocycles. The molecular weight excluding hydrogens is 398 g/mol. The molecule has 1 unspecified atom stereocenters. The van der Waals surface area contributed by atoms with Gasteiger partial charge in [-0.15, -0.1) is 0 Å². The molecule has 0 aliphatic heterocycles. The minimum Gasteiger partial charge on any atom is -0.455 e. The molecule has 0 spiro atoms. The van der Waals surface area contributed by atoms with E-state index < -0.39 is 9.84 Å². The normalized spacial score (nSPS) is 15.0. The van der Waals surface area contributed by atoms with Crippen molar-refractivity contribution in [3.8, 4) is 0 Å². The fraction of sp³-hybridized carbons (Fsp3) is 0.292. The second kappa shape index (κ2) is 8.48. The summed E-state index contributed by atoms with van der Waals surface area (Å²) in [5.74, 6) is 0.464. The van der Waals surface area contributed by atoms with E-state index in [1.807, 2.05) is 35.2 Å². The molecule has 1 atom stereocenters. The van der Waals surface area contributed by atoms with E-state index in [0.29, 0.717) is 12.5 Å². The van der Waals surface area contributed by atoms with E-state index in [4.69, 9.17) is 4.42 Å². The topological polar surface area (TPSA) is 67.6 Å². The van der Waals surface area contributed by atoms with Gasteiger partial charge in [-0.05, 0) is 55.5 Å². The first-order valence-electron chi connectivity index (χ1n) is 10.2. The first-order chi connectivity index (χ1) is 14.4. The molecule has 1 aliphatic carbocycles. The lowest BCUT2D eigenvalue weighted by Crippen LogP contribution is -2.39. The summed E-state index contributed by atoms with van der Waals surface area (Å²) in [4.78, 5) is 15.3. The van der Waals surface area contributed by atoms with Crippen molar-refractivity contribution >= 4 is 15.7 Å². The van der Waals surface area contributed by atoms with Gasteiger partial charge >= 0.3 is 0 Å². The van der Waals surface area contributed by atoms with Crippen LogP contribution in [-0.4, -0.2) is 25.3 Å². The summed E-state index contributed by atoms with van der Waals surface area (Å²) < 4.78 is 30.9. The highest BCUT2D eigenvalue weighted by molar-refractivity contribution is 7.90. The third kappa shape index (κ3) is 4.65. The van der Waals surface area contributed by atoms with E-state index in [9.17, 15) is 13.2 Å². The monoisotopic (exact) mass is 423 g/mol. The summed E-state index contributed by atoms with van der Waals surface area (Å²) in [7, 11) is -3.53. The standard InChI is InChI=1S/C24H25NO4S/c1-18(20-12-13-20)25(16-19-8-4-2-5-9-19)24(26)23-15-14-21(29-23)17-30(27,28)22-10-6-3-7-11-22/h2-11,14-15,18,20H,12-13,16-17H2,1H3. The number of hydrogen-bond acceptors (Lipinski definition) is 4. The Hall–Kier alpha value is -2.86. The Bertz CT molecular complexity index is 1100. The van der Waals surface area contributed by atoms with E-state index in [-0.39, 0.29) is 34.1 Å². The number of carbonyl (C=O) groups excluding carboxylic acids is 1. The highest BCUT2D eigenvalue weighted by Crippen LogP contribution is 2.36. The van der Waals surface area contributed by atoms with Crippen LogP contribution in [0.3, 0.4) is 0 Å². The maximum atomic E-state index is 13.3. The van der Waals surface area contributed by atoms with Crippen LogP contribution in [0.2, 0.25) is 0 Å². The third-order valence-electron chi connectivity index (χ3n) is 5.56. The SMILES string of the molecule is CC(C1CC1)N(Cc1ccccc1)C(=O)c1ccc(CS(=O)(=O)c2ccccc2)o1. The van der Waals surface area contributed by atoms with Crippen LogP contribution in [0, 0.1) is 5.92 Å². The second-order valence-corrected chi connectivity index (χ2v) is 9.82. The molecule has 1 amide bonds. The minimum atomic E-state index is -3.53. The van der Waals surface area contributed by atoms with Crippen molar-refractivity contribution in [1.82, 2.24) is 4.90 Å². The van der Waals surface area contributed by atoms with E-state index in [0.717, 1.165) is 18.4 Å². The van der Waals surface area contributed by atoms with Crippen LogP contribution < -0.4 is 0 Å². The fourth-order valence-corrected chi connectivity index (χ4v) is 4.89. The lowest BCUT2D eigenvalue weighted by Gasteiger charge is -2.29. The van der Waals surface area contributed by atoms with Gasteiger partial charge < -0.3 is 9.32 Å². The van der Waals surface area contributed by atoms with Crippen LogP contribution in [0.5, 0.6) is 0 Å². The van der Waals surface area contributed by atoms with Crippen molar-refractivity contribution in [2.45, 2.75) is 43.0 Å². The first kappa shape index (κ1) is 20.4. The number of benzene rings is 2. The number of amides is 1. The summed E-state index contributed by atoms with van der Waals surface area (Å²) >= 11 is 0. The smallest absolute Gasteiger partial charge is 0.290 e. The Morgan fingerprint density at radius 1 is 1.00 bits per heavy atom. The number of rotatable bonds is 8. The van der Waals surface area contributed by atoms with E-state index in [1.165, 1.54) is 0 Å². The van der Waals surface area contributed by atoms with Gasteiger partial charge in [0.25, 0.3) is 5.91 Å². The third-order valence-corrected chi connectivity index (χ3v) is 7.21. The Kier molecular flexibility index (Phi) is 5.77. The lowest BCUT2D eigenvalue weighted by molar-refractivity contribution is 0.0620. The maximum Gasteiger partial charge on any atom is 0.290 e. The molecule has 1 aliphatic rings. The van der Waals surface area contributed by atoms with Gasteiger partial charge in [0.15, 0.2) is 15.6 Å². The number of nitrogens with zero attached hydrogens (tertiary/aromatic N) is 1. The van der Waals surface area contributed by atoms with Crippen LogP contribution in [0.25, 0.3) is 0 Å². The van der Waals surface area contributed by atoms with Crippen LogP contribution in [-0.2, 0) is 22.1 Å². The molecule has 0 bridgehead atoms. The molecule has 3 aromatic rings. The fourth-order valence-electron chi connectivity index (χ4n) is 3.62. The Morgan fingerprint density at radius 2 is 1.63 bits per heavy atom. The molecule has 6 heteroatoms. The molecule has 1 saturated carbocycles. The predicted molar refractivity (Wildman–Crippen MR) is 115 cm³/mol. The van der Waals surface area contributed by atoms with E-state index >= 15 is 0 Å². The average Bonchev–Trinajstić information content (AvgIpc) is 3.51. The van der Waals surface area contributed by atoms with E-state index in [2.05, 4.69) is 6.92 Å². The summed E-state index contributed by atoms with van der Waals surface area (Å²) in [6.45, 7) is 2.57. The quantitative estimate of drug-likeness (QED) is 0.527. The molecule has 30 heavy (non-hydrogen) atoms. The highest BCUT2D eigenvalue weighted by Gasteiger charge is 2.35. The summed E-state index contributed by atoms with van der Waals surface area (Å²) in [6.07, 6.45) is 2.25. The molecule has 156 valence electrons. The number of furan rings is 1. The Morgan fingerprint density at radius 3 is 2.27 bits per heavy atom. The largest absolute Gasteiger partial charge is 0.455 e. The molecule has 1 heterocycles. The van der Waals surface area contributed by atoms with Gasteiger partial charge in [-0.2, -0.15) is 0 Å². The van der Waals surface area contributed by atoms with Gasteiger partial charge in [-0.25, -0.2) is 8.42 Å². The van der Waals surface area contributed by atoms with Crippen molar-refractivity contribution in [1.29, 1.82) is 0 Å². The van der Waals surface area contributed by atoms with Crippen molar-refractivity contribution in [2.24, 2.45) is 5.92 Å². The lowest BCUT2D eigenvalue weighted by atomic mass is 10.1. The van der Waals surface area contributed by atoms with Crippen molar-refractivity contribution in [3.63, 3.8) is 0 Å². The van der Waals surface area contributed by atoms with Crippen molar-refractivity contribution in [2.75, 3.05) is 0 Å². The molecule has 2 aromatic carbocycles. The summed E-state index contributed by atoms with van der Waals surface area (Å²) in [6, 6.07) is 21.4.